The van der Waals surface area contributed by atoms with Crippen LogP contribution in [0.25, 0.3) is 0 Å². The largest absolute Gasteiger partial charge is 0.416 e. The van der Waals surface area contributed by atoms with E-state index in [1.54, 1.807) is 0 Å². The molecule has 0 aliphatic heterocycles. The van der Waals surface area contributed by atoms with E-state index in [4.69, 9.17) is 11.6 Å². The summed E-state index contributed by atoms with van der Waals surface area (Å²) in [4.78, 5) is 12.6. The molecule has 1 amide bonds. The second-order valence-corrected chi connectivity index (χ2v) is 10.5. The zero-order valence-corrected chi connectivity index (χ0v) is 20.7. The molecular formula is C23H20ClF5N4O2S. The van der Waals surface area contributed by atoms with E-state index < -0.39 is 50.4 Å². The standard InChI is InChI=1S/C23H20ClF5N4O2S/c1-13-9-16(24)7-8-19(13)22(25,26)12-31-20(34)18-10-14(2)32-33-21(18)36(35,30-3)17-6-4-5-15(11-17)23(27,28)29/h4-11H,12H2,1-3H3,(H,31,34). The van der Waals surface area contributed by atoms with Gasteiger partial charge in [0.1, 0.15) is 9.73 Å². The van der Waals surface area contributed by atoms with Crippen LogP contribution in [0, 0.1) is 13.8 Å². The van der Waals surface area contributed by atoms with Crippen LogP contribution < -0.4 is 5.32 Å². The van der Waals surface area contributed by atoms with E-state index in [-0.39, 0.29) is 26.7 Å². The van der Waals surface area contributed by atoms with Crippen molar-refractivity contribution in [3.05, 3.63) is 81.5 Å². The molecule has 0 radical (unpaired) electrons. The molecule has 36 heavy (non-hydrogen) atoms. The monoisotopic (exact) mass is 546 g/mol. The van der Waals surface area contributed by atoms with Gasteiger partial charge >= 0.3 is 6.18 Å². The normalized spacial score (nSPS) is 13.7. The van der Waals surface area contributed by atoms with Crippen molar-refractivity contribution in [1.29, 1.82) is 0 Å². The molecule has 2 aromatic carbocycles. The minimum atomic E-state index is -4.73. The molecule has 0 saturated carbocycles. The van der Waals surface area contributed by atoms with Crippen LogP contribution in [0.4, 0.5) is 22.0 Å². The van der Waals surface area contributed by atoms with Gasteiger partial charge in [-0.2, -0.15) is 27.1 Å². The van der Waals surface area contributed by atoms with Gasteiger partial charge in [-0.05, 0) is 55.8 Å². The second kappa shape index (κ2) is 10.1. The van der Waals surface area contributed by atoms with E-state index in [1.165, 1.54) is 26.0 Å². The summed E-state index contributed by atoms with van der Waals surface area (Å²) in [5.74, 6) is -4.56. The number of aryl methyl sites for hydroxylation is 2. The van der Waals surface area contributed by atoms with E-state index in [0.717, 1.165) is 37.4 Å². The summed E-state index contributed by atoms with van der Waals surface area (Å²) in [6.45, 7) is 1.77. The fourth-order valence-corrected chi connectivity index (χ4v) is 5.40. The Hall–Kier alpha value is -3.12. The first-order chi connectivity index (χ1) is 16.7. The summed E-state index contributed by atoms with van der Waals surface area (Å²) >= 11 is 5.82. The van der Waals surface area contributed by atoms with Gasteiger partial charge in [0, 0.05) is 17.6 Å². The number of aromatic nitrogens is 2. The number of carbonyl (C=O) groups excluding carboxylic acids is 1. The molecule has 0 bridgehead atoms. The minimum absolute atomic E-state index is 0.186. The molecule has 1 aromatic heterocycles. The van der Waals surface area contributed by atoms with Crippen molar-refractivity contribution in [2.75, 3.05) is 13.6 Å². The zero-order chi connectivity index (χ0) is 26.9. The topological polar surface area (TPSA) is 84.3 Å². The highest BCUT2D eigenvalue weighted by atomic mass is 35.5. The number of nitrogens with one attached hydrogen (secondary N) is 1. The average Bonchev–Trinajstić information content (AvgIpc) is 2.81. The lowest BCUT2D eigenvalue weighted by Gasteiger charge is -2.20. The SMILES string of the molecule is CN=S(=O)(c1cccc(C(F)(F)F)c1)c1nnc(C)cc1C(=O)NCC(F)(F)c1ccc(Cl)cc1C. The highest BCUT2D eigenvalue weighted by molar-refractivity contribution is 7.93. The Kier molecular flexibility index (Phi) is 7.70. The molecule has 0 aliphatic rings. The van der Waals surface area contributed by atoms with Crippen molar-refractivity contribution >= 4 is 27.2 Å². The average molecular weight is 547 g/mol. The van der Waals surface area contributed by atoms with Crippen LogP contribution in [0.15, 0.2) is 62.8 Å². The third-order valence-corrected chi connectivity index (χ3v) is 7.65. The Morgan fingerprint density at radius 1 is 1.06 bits per heavy atom. The number of halogens is 6. The van der Waals surface area contributed by atoms with Crippen LogP contribution in [-0.2, 0) is 21.8 Å². The summed E-state index contributed by atoms with van der Waals surface area (Å²) in [7, 11) is -2.80. The van der Waals surface area contributed by atoms with Crippen LogP contribution >= 0.6 is 11.6 Å². The summed E-state index contributed by atoms with van der Waals surface area (Å²) < 4.78 is 87.0. The number of benzene rings is 2. The number of hydrogen-bond donors (Lipinski definition) is 1. The molecule has 0 spiro atoms. The second-order valence-electron chi connectivity index (χ2n) is 7.78. The molecule has 6 nitrogen and oxygen atoms in total. The lowest BCUT2D eigenvalue weighted by Crippen LogP contribution is -2.36. The van der Waals surface area contributed by atoms with Gasteiger partial charge < -0.3 is 5.32 Å². The summed E-state index contributed by atoms with van der Waals surface area (Å²) in [6.07, 6.45) is -4.73. The van der Waals surface area contributed by atoms with Crippen molar-refractivity contribution in [3.8, 4) is 0 Å². The summed E-state index contributed by atoms with van der Waals surface area (Å²) in [5.41, 5.74) is -1.44. The highest BCUT2D eigenvalue weighted by Gasteiger charge is 2.35. The Morgan fingerprint density at radius 3 is 2.36 bits per heavy atom. The first-order valence-corrected chi connectivity index (χ1v) is 12.2. The van der Waals surface area contributed by atoms with Gasteiger partial charge in [-0.3, -0.25) is 4.79 Å². The smallest absolute Gasteiger partial charge is 0.346 e. The molecule has 0 aliphatic carbocycles. The van der Waals surface area contributed by atoms with Crippen molar-refractivity contribution in [2.45, 2.75) is 35.9 Å². The maximum Gasteiger partial charge on any atom is 0.416 e. The van der Waals surface area contributed by atoms with Crippen molar-refractivity contribution in [3.63, 3.8) is 0 Å². The van der Waals surface area contributed by atoms with Gasteiger partial charge in [0.25, 0.3) is 11.8 Å². The van der Waals surface area contributed by atoms with Crippen LogP contribution in [0.5, 0.6) is 0 Å². The molecule has 0 fully saturated rings. The van der Waals surface area contributed by atoms with Gasteiger partial charge in [0.15, 0.2) is 5.03 Å². The third-order valence-electron chi connectivity index (χ3n) is 5.18. The molecule has 13 heteroatoms. The maximum atomic E-state index is 14.9. The van der Waals surface area contributed by atoms with Crippen molar-refractivity contribution in [2.24, 2.45) is 4.36 Å². The van der Waals surface area contributed by atoms with Gasteiger partial charge in [-0.25, -0.2) is 8.57 Å². The van der Waals surface area contributed by atoms with Gasteiger partial charge in [-0.1, -0.05) is 23.7 Å². The molecule has 1 heterocycles. The minimum Gasteiger partial charge on any atom is -0.346 e. The number of hydrogen-bond acceptors (Lipinski definition) is 5. The van der Waals surface area contributed by atoms with Crippen LogP contribution in [0.3, 0.4) is 0 Å². The number of nitrogens with zero attached hydrogens (tertiary/aromatic N) is 3. The third kappa shape index (κ3) is 5.65. The summed E-state index contributed by atoms with van der Waals surface area (Å²) in [5, 5.41) is 9.35. The number of alkyl halides is 5. The molecule has 3 rings (SSSR count). The molecule has 0 saturated heterocycles. The zero-order valence-electron chi connectivity index (χ0n) is 19.2. The molecule has 3 aromatic rings. The lowest BCUT2D eigenvalue weighted by atomic mass is 10.0. The number of carbonyl (C=O) groups is 1. The lowest BCUT2D eigenvalue weighted by molar-refractivity contribution is -0.137. The van der Waals surface area contributed by atoms with E-state index in [2.05, 4.69) is 19.9 Å². The van der Waals surface area contributed by atoms with E-state index in [1.807, 2.05) is 0 Å². The quantitative estimate of drug-likeness (QED) is 0.396. The van der Waals surface area contributed by atoms with E-state index in [9.17, 15) is 31.0 Å². The highest BCUT2D eigenvalue weighted by Crippen LogP contribution is 2.34. The molecular weight excluding hydrogens is 527 g/mol. The first kappa shape index (κ1) is 27.5. The van der Waals surface area contributed by atoms with Crippen molar-refractivity contribution in [1.82, 2.24) is 15.5 Å². The van der Waals surface area contributed by atoms with Gasteiger partial charge in [-0.15, -0.1) is 5.10 Å². The molecule has 1 atom stereocenters. The Balaban J connectivity index is 2.01. The Morgan fingerprint density at radius 2 is 1.75 bits per heavy atom. The molecule has 1 N–H and O–H groups in total. The summed E-state index contributed by atoms with van der Waals surface area (Å²) in [6, 6.07) is 8.55. The van der Waals surface area contributed by atoms with E-state index in [0.29, 0.717) is 6.07 Å². The van der Waals surface area contributed by atoms with Crippen LogP contribution in [-0.4, -0.2) is 33.9 Å². The fourth-order valence-electron chi connectivity index (χ4n) is 3.41. The van der Waals surface area contributed by atoms with Crippen molar-refractivity contribution < 1.29 is 31.0 Å². The fraction of sp³-hybridized carbons (Fsp3) is 0.261. The van der Waals surface area contributed by atoms with Gasteiger partial charge in [0.2, 0.25) is 0 Å². The maximum absolute atomic E-state index is 14.9. The van der Waals surface area contributed by atoms with Crippen LogP contribution in [0.2, 0.25) is 5.02 Å². The van der Waals surface area contributed by atoms with Gasteiger partial charge in [0.05, 0.1) is 28.3 Å². The number of amides is 1. The van der Waals surface area contributed by atoms with Crippen LogP contribution in [0.1, 0.15) is 32.7 Å². The predicted molar refractivity (Wildman–Crippen MR) is 124 cm³/mol. The molecule has 192 valence electrons. The first-order valence-electron chi connectivity index (χ1n) is 10.3. The Bertz CT molecular complexity index is 1440. The Labute approximate surface area is 209 Å². The molecule has 1 unspecified atom stereocenters. The number of rotatable bonds is 6. The predicted octanol–water partition coefficient (Wildman–Crippen LogP) is 5.80. The van der Waals surface area contributed by atoms with E-state index >= 15 is 0 Å².